The fourth-order valence-electron chi connectivity index (χ4n) is 10.8. The molecule has 65 heavy (non-hydrogen) atoms. The van der Waals surface area contributed by atoms with E-state index in [1.54, 1.807) is 32.0 Å². The molecule has 2 unspecified atom stereocenters. The number of benzene rings is 2. The van der Waals surface area contributed by atoms with Crippen LogP contribution in [0.15, 0.2) is 36.4 Å². The average molecular weight is 893 g/mol. The third-order valence-corrected chi connectivity index (χ3v) is 15.6. The van der Waals surface area contributed by atoms with Gasteiger partial charge in [0.25, 0.3) is 5.91 Å². The van der Waals surface area contributed by atoms with Crippen molar-refractivity contribution in [3.63, 3.8) is 0 Å². The zero-order chi connectivity index (χ0) is 45.9. The maximum Gasteiger partial charge on any atom is 0.335 e. The minimum Gasteiger partial charge on any atom is -0.478 e. The molecule has 4 fully saturated rings. The van der Waals surface area contributed by atoms with Crippen LogP contribution in [0.2, 0.25) is 0 Å². The van der Waals surface area contributed by atoms with Gasteiger partial charge in [-0.25, -0.2) is 4.79 Å². The Morgan fingerprint density at radius 1 is 0.646 bits per heavy atom. The fourth-order valence-corrected chi connectivity index (χ4v) is 10.8. The Hall–Kier alpha value is -4.72. The van der Waals surface area contributed by atoms with E-state index in [9.17, 15) is 24.3 Å². The number of carbonyl (C=O) groups is 4. The second kappa shape index (κ2) is 20.4. The van der Waals surface area contributed by atoms with Gasteiger partial charge in [0.2, 0.25) is 11.8 Å². The molecule has 4 N–H and O–H groups in total. The van der Waals surface area contributed by atoms with Gasteiger partial charge in [-0.1, -0.05) is 0 Å². The highest BCUT2D eigenvalue weighted by molar-refractivity contribution is 6.01. The Kier molecular flexibility index (Phi) is 14.7. The number of carbonyl (C=O) groups excluding carboxylic acids is 3. The van der Waals surface area contributed by atoms with Gasteiger partial charge in [0.15, 0.2) is 0 Å². The number of nitrogens with one attached hydrogen (secondary N) is 3. The van der Waals surface area contributed by atoms with Crippen LogP contribution >= 0.6 is 0 Å². The monoisotopic (exact) mass is 893 g/mol. The maximum absolute atomic E-state index is 13.2. The van der Waals surface area contributed by atoms with E-state index in [2.05, 4.69) is 51.3 Å². The van der Waals surface area contributed by atoms with Gasteiger partial charge in [-0.3, -0.25) is 14.4 Å². The molecular weight excluding hydrogens is 821 g/mol. The molecular formula is C52H72N6O7. The van der Waals surface area contributed by atoms with Crippen LogP contribution in [0.4, 0.5) is 0 Å². The van der Waals surface area contributed by atoms with Gasteiger partial charge < -0.3 is 44.6 Å². The molecule has 4 heterocycles. The van der Waals surface area contributed by atoms with Crippen LogP contribution in [0, 0.1) is 23.7 Å². The lowest BCUT2D eigenvalue weighted by atomic mass is 9.75. The summed E-state index contributed by atoms with van der Waals surface area (Å²) in [6.45, 7) is 7.23. The number of nitrogens with zero attached hydrogens (tertiary/aromatic N) is 3. The summed E-state index contributed by atoms with van der Waals surface area (Å²) >= 11 is 0. The first-order chi connectivity index (χ1) is 31.3. The lowest BCUT2D eigenvalue weighted by Gasteiger charge is -2.33. The minimum atomic E-state index is -0.846. The number of carboxylic acid groups (broad SMARTS) is 1. The molecule has 6 aliphatic rings. The van der Waals surface area contributed by atoms with Crippen molar-refractivity contribution >= 4 is 45.5 Å². The smallest absolute Gasteiger partial charge is 0.335 e. The van der Waals surface area contributed by atoms with Crippen molar-refractivity contribution in [1.29, 1.82) is 0 Å². The van der Waals surface area contributed by atoms with Gasteiger partial charge in [0.1, 0.15) is 6.04 Å². The number of carboxylic acids is 1. The number of aromatic nitrogens is 2. The summed E-state index contributed by atoms with van der Waals surface area (Å²) in [7, 11) is 7.77. The first kappa shape index (κ1) is 46.8. The molecule has 0 bridgehead atoms. The van der Waals surface area contributed by atoms with Crippen molar-refractivity contribution in [1.82, 2.24) is 30.0 Å². The number of fused-ring (bicyclic) bond motifs is 6. The first-order valence-electron chi connectivity index (χ1n) is 24.5. The van der Waals surface area contributed by atoms with Crippen LogP contribution in [-0.2, 0) is 58.8 Å². The number of aromatic carboxylic acids is 1. The zero-order valence-corrected chi connectivity index (χ0v) is 39.5. The molecule has 4 aromatic rings. The van der Waals surface area contributed by atoms with E-state index in [-0.39, 0.29) is 23.8 Å². The molecule has 352 valence electrons. The summed E-state index contributed by atoms with van der Waals surface area (Å²) in [6, 6.07) is 11.8. The first-order valence-corrected chi connectivity index (χ1v) is 24.5. The Labute approximate surface area is 384 Å². The molecule has 2 aromatic heterocycles. The third-order valence-electron chi connectivity index (χ3n) is 15.6. The number of hydrogen-bond donors (Lipinski definition) is 4. The molecule has 2 saturated heterocycles. The molecule has 0 spiro atoms. The summed E-state index contributed by atoms with van der Waals surface area (Å²) in [5.41, 5.74) is 9.01. The standard InChI is InChI=1S/C26H35N3O3.C19H23NO3.C7H14N2O/c1-16(25(30)27-20-6-7-20)28(2)26(31)19-5-9-24-22(15-19)21-14-18(4-8-23(21)29(24)3)17-10-12-32-13-11-17;1-20-17-4-2-13(12-6-8-23-9-7-12)10-15(17)16-11-14(19(21)22)3-5-18(16)20;1-5(8-2)7(10)9-6-3-4-6/h5,9,15-18,20H,4,6-8,10-14H2,1-3H3,(H,27,30);3,5,11-13H,2,4,6-10H2,1H3,(H,21,22);5-6,8H,3-4H2,1-2H3,(H,9,10)/t16-,18?;;5-/m0.0/s1. The van der Waals surface area contributed by atoms with E-state index in [0.29, 0.717) is 35.0 Å². The highest BCUT2D eigenvalue weighted by Gasteiger charge is 2.34. The fraction of sp³-hybridized carbons (Fsp3) is 0.615. The molecule has 10 rings (SSSR count). The summed E-state index contributed by atoms with van der Waals surface area (Å²) in [6.07, 6.45) is 15.9. The van der Waals surface area contributed by atoms with E-state index in [4.69, 9.17) is 9.47 Å². The van der Waals surface area contributed by atoms with Gasteiger partial charge in [-0.15, -0.1) is 0 Å². The highest BCUT2D eigenvalue weighted by Crippen LogP contribution is 2.41. The van der Waals surface area contributed by atoms with E-state index in [1.807, 2.05) is 25.1 Å². The summed E-state index contributed by atoms with van der Waals surface area (Å²) < 4.78 is 15.7. The minimum absolute atomic E-state index is 0.0550. The van der Waals surface area contributed by atoms with E-state index in [1.165, 1.54) is 71.9 Å². The van der Waals surface area contributed by atoms with Crippen molar-refractivity contribution in [3.8, 4) is 0 Å². The van der Waals surface area contributed by atoms with Crippen molar-refractivity contribution in [3.05, 3.63) is 70.0 Å². The largest absolute Gasteiger partial charge is 0.478 e. The van der Waals surface area contributed by atoms with Crippen LogP contribution < -0.4 is 16.0 Å². The predicted molar refractivity (Wildman–Crippen MR) is 253 cm³/mol. The summed E-state index contributed by atoms with van der Waals surface area (Å²) in [4.78, 5) is 49.6. The van der Waals surface area contributed by atoms with E-state index in [0.717, 1.165) is 101 Å². The Morgan fingerprint density at radius 3 is 1.54 bits per heavy atom. The number of aryl methyl sites for hydroxylation is 2. The van der Waals surface area contributed by atoms with Crippen LogP contribution in [0.25, 0.3) is 21.8 Å². The number of hydrogen-bond acceptors (Lipinski definition) is 7. The molecule has 2 saturated carbocycles. The normalized spacial score (nSPS) is 22.0. The molecule has 13 nitrogen and oxygen atoms in total. The van der Waals surface area contributed by atoms with Crippen molar-refractivity contribution in [2.75, 3.05) is 40.5 Å². The van der Waals surface area contributed by atoms with Crippen LogP contribution in [0.5, 0.6) is 0 Å². The van der Waals surface area contributed by atoms with Crippen LogP contribution in [-0.4, -0.2) is 108 Å². The molecule has 2 aliphatic heterocycles. The number of ether oxygens (including phenoxy) is 2. The molecule has 13 heteroatoms. The number of amides is 3. The summed E-state index contributed by atoms with van der Waals surface area (Å²) in [5.74, 6) is 2.02. The highest BCUT2D eigenvalue weighted by atomic mass is 16.5. The molecule has 2 aromatic carbocycles. The summed E-state index contributed by atoms with van der Waals surface area (Å²) in [5, 5.41) is 20.4. The molecule has 4 atom stereocenters. The predicted octanol–water partition coefficient (Wildman–Crippen LogP) is 6.73. The lowest BCUT2D eigenvalue weighted by molar-refractivity contribution is -0.125. The van der Waals surface area contributed by atoms with E-state index < -0.39 is 12.0 Å². The number of rotatable bonds is 10. The van der Waals surface area contributed by atoms with Crippen molar-refractivity contribution in [2.24, 2.45) is 37.8 Å². The molecule has 0 radical (unpaired) electrons. The lowest BCUT2D eigenvalue weighted by Crippen LogP contribution is -2.46. The Morgan fingerprint density at radius 2 is 1.09 bits per heavy atom. The molecule has 4 aliphatic carbocycles. The van der Waals surface area contributed by atoms with Crippen LogP contribution in [0.1, 0.15) is 121 Å². The van der Waals surface area contributed by atoms with Crippen LogP contribution in [0.3, 0.4) is 0 Å². The zero-order valence-electron chi connectivity index (χ0n) is 39.5. The average Bonchev–Trinajstić information content (AvgIpc) is 4.30. The van der Waals surface area contributed by atoms with E-state index >= 15 is 0 Å². The van der Waals surface area contributed by atoms with Crippen molar-refractivity contribution in [2.45, 2.75) is 128 Å². The van der Waals surface area contributed by atoms with Gasteiger partial charge in [0, 0.05) is 98.4 Å². The quantitative estimate of drug-likeness (QED) is 0.137. The third kappa shape index (κ3) is 10.6. The Balaban J connectivity index is 0.000000151. The SMILES string of the molecule is CN[C@@H](C)C(=O)NC1CC1.C[C@@H](C(=O)NC1CC1)N(C)C(=O)c1ccc2c(c1)c1c(n2C)CCC(C2CCOCC2)C1.Cn1c2c(c3cc(C(=O)O)ccc31)CC(C1CCOCC1)CC2. The Bertz CT molecular complexity index is 2370. The van der Waals surface area contributed by atoms with Gasteiger partial charge in [0.05, 0.1) is 11.6 Å². The number of likely N-dealkylation sites (N-methyl/N-ethyl adjacent to an activating group) is 2. The van der Waals surface area contributed by atoms with Gasteiger partial charge in [-0.05, 0) is 182 Å². The second-order valence-corrected chi connectivity index (χ2v) is 19.8. The van der Waals surface area contributed by atoms with Gasteiger partial charge in [-0.2, -0.15) is 0 Å². The topological polar surface area (TPSA) is 156 Å². The van der Waals surface area contributed by atoms with Gasteiger partial charge >= 0.3 is 5.97 Å². The second-order valence-electron chi connectivity index (χ2n) is 19.8. The van der Waals surface area contributed by atoms with Crippen molar-refractivity contribution < 1.29 is 33.8 Å². The molecule has 3 amide bonds. The maximum atomic E-state index is 13.2.